The summed E-state index contributed by atoms with van der Waals surface area (Å²) < 4.78 is 17.0. The molecule has 0 saturated heterocycles. The van der Waals surface area contributed by atoms with Gasteiger partial charge in [-0.25, -0.2) is 34.7 Å². The minimum absolute atomic E-state index is 0.198. The maximum absolute atomic E-state index is 12.3. The summed E-state index contributed by atoms with van der Waals surface area (Å²) in [6, 6.07) is 7.17. The van der Waals surface area contributed by atoms with Gasteiger partial charge in [0.2, 0.25) is 11.8 Å². The molecule has 3 N–H and O–H groups in total. The summed E-state index contributed by atoms with van der Waals surface area (Å²) in [7, 11) is 0. The van der Waals surface area contributed by atoms with Gasteiger partial charge < -0.3 is 25.3 Å². The molecule has 4 rings (SSSR count). The molecule has 0 aliphatic heterocycles. The molecular weight excluding hydrogens is 715 g/mol. The molecule has 4 aromatic rings. The van der Waals surface area contributed by atoms with E-state index in [0.717, 1.165) is 28.9 Å². The number of aromatic nitrogens is 6. The molecule has 0 saturated carbocycles. The van der Waals surface area contributed by atoms with Crippen LogP contribution in [0.25, 0.3) is 22.5 Å². The molecule has 0 fully saturated rings. The monoisotopic (exact) mass is 768 g/mol. The summed E-state index contributed by atoms with van der Waals surface area (Å²) in [5, 5.41) is 3.75. The number of carbonyl (C=O) groups excluding carboxylic acids is 1. The molecule has 1 amide bonds. The Morgan fingerprint density at radius 2 is 1.21 bits per heavy atom. The number of rotatable bonds is 13. The van der Waals surface area contributed by atoms with E-state index in [0.29, 0.717) is 58.3 Å². The molecule has 288 valence electrons. The smallest absolute Gasteiger partial charge is 0.408 e. The average Bonchev–Trinajstić information content (AvgIpc) is 3.02. The standard InChI is InChI=1S/C22H31ClN4O3.C17H23ClN4O/c1-14(2)11-22(7,27-20(28)30-21(4,5)6)13-29-19-17(23)10-16(12-25-19)18-8-9-24-15(3)26-18;1-11(2)8-17(4,19)10-23-16-14(18)7-13(9-21-16)15-5-6-20-12(3)22-15/h8-10,12,14H,11,13H2,1-7H3,(H,27,28);5-7,9,11H,8,10,19H2,1-4H3/t22-;17-/m00/s1. The highest BCUT2D eigenvalue weighted by atomic mass is 35.5. The van der Waals surface area contributed by atoms with Gasteiger partial charge in [-0.05, 0) is 97.4 Å². The molecule has 12 nitrogen and oxygen atoms in total. The van der Waals surface area contributed by atoms with Crippen molar-refractivity contribution in [2.75, 3.05) is 13.2 Å². The number of nitrogens with one attached hydrogen (secondary N) is 1. The average molecular weight is 770 g/mol. The number of aryl methyl sites for hydroxylation is 2. The molecule has 4 aromatic heterocycles. The van der Waals surface area contributed by atoms with Gasteiger partial charge in [0.25, 0.3) is 0 Å². The number of hydrogen-bond donors (Lipinski definition) is 2. The lowest BCUT2D eigenvalue weighted by atomic mass is 9.91. The van der Waals surface area contributed by atoms with Crippen LogP contribution in [0.2, 0.25) is 10.0 Å². The Bertz CT molecular complexity index is 1820. The van der Waals surface area contributed by atoms with Crippen LogP contribution in [-0.4, -0.2) is 65.9 Å². The number of halogens is 2. The van der Waals surface area contributed by atoms with Crippen LogP contribution in [0, 0.1) is 25.7 Å². The normalized spacial score (nSPS) is 13.7. The number of hydrogen-bond acceptors (Lipinski definition) is 11. The molecule has 0 bridgehead atoms. The van der Waals surface area contributed by atoms with E-state index in [1.54, 1.807) is 43.0 Å². The van der Waals surface area contributed by atoms with E-state index >= 15 is 0 Å². The largest absolute Gasteiger partial charge is 0.475 e. The highest BCUT2D eigenvalue weighted by molar-refractivity contribution is 6.32. The van der Waals surface area contributed by atoms with Crippen molar-refractivity contribution in [2.24, 2.45) is 17.6 Å². The molecule has 0 aromatic carbocycles. The summed E-state index contributed by atoms with van der Waals surface area (Å²) in [6.45, 7) is 22.0. The van der Waals surface area contributed by atoms with Gasteiger partial charge >= 0.3 is 6.09 Å². The number of nitrogens with two attached hydrogens (primary N) is 1. The lowest BCUT2D eigenvalue weighted by Gasteiger charge is -2.33. The number of pyridine rings is 2. The summed E-state index contributed by atoms with van der Waals surface area (Å²) in [6.07, 6.45) is 7.83. The molecular formula is C39H54Cl2N8O4. The van der Waals surface area contributed by atoms with Gasteiger partial charge in [-0.1, -0.05) is 50.9 Å². The third-order valence-corrected chi connectivity index (χ3v) is 7.90. The highest BCUT2D eigenvalue weighted by Gasteiger charge is 2.31. The van der Waals surface area contributed by atoms with Gasteiger partial charge in [0.05, 0.1) is 16.9 Å². The zero-order valence-electron chi connectivity index (χ0n) is 32.8. The van der Waals surface area contributed by atoms with Crippen molar-refractivity contribution in [2.45, 2.75) is 106 Å². The third-order valence-electron chi connectivity index (χ3n) is 7.36. The molecule has 0 unspecified atom stereocenters. The van der Waals surface area contributed by atoms with Crippen molar-refractivity contribution in [3.63, 3.8) is 0 Å². The van der Waals surface area contributed by atoms with Gasteiger partial charge in [0.1, 0.15) is 40.5 Å². The molecule has 0 aliphatic rings. The fourth-order valence-corrected chi connectivity index (χ4v) is 6.07. The summed E-state index contributed by atoms with van der Waals surface area (Å²) in [5.74, 6) is 2.89. The predicted molar refractivity (Wildman–Crippen MR) is 210 cm³/mol. The first kappa shape index (κ1) is 43.3. The maximum atomic E-state index is 12.3. The van der Waals surface area contributed by atoms with Crippen LogP contribution in [0.5, 0.6) is 11.8 Å². The first-order valence-corrected chi connectivity index (χ1v) is 18.4. The summed E-state index contributed by atoms with van der Waals surface area (Å²) >= 11 is 12.7. The number of carbonyl (C=O) groups is 1. The fourth-order valence-electron chi connectivity index (χ4n) is 5.63. The quantitative estimate of drug-likeness (QED) is 0.134. The molecule has 4 heterocycles. The SMILES string of the molecule is Cc1nccc(-c2cnc(OC[C@@](C)(N)CC(C)C)c(Cl)c2)n1.Cc1nccc(-c2cnc(OC[C@](C)(CC(C)C)NC(=O)OC(C)(C)C)c(Cl)c2)n1. The number of nitrogens with zero attached hydrogens (tertiary/aromatic N) is 6. The Hall–Kier alpha value is -4.13. The van der Waals surface area contributed by atoms with Crippen LogP contribution in [0.3, 0.4) is 0 Å². The minimum Gasteiger partial charge on any atom is -0.475 e. The van der Waals surface area contributed by atoms with Crippen molar-refractivity contribution in [1.29, 1.82) is 0 Å². The Morgan fingerprint density at radius 1 is 0.755 bits per heavy atom. The Kier molecular flexibility index (Phi) is 15.3. The van der Waals surface area contributed by atoms with E-state index in [9.17, 15) is 4.79 Å². The predicted octanol–water partition coefficient (Wildman–Crippen LogP) is 8.85. The Labute approximate surface area is 324 Å². The van der Waals surface area contributed by atoms with E-state index < -0.39 is 22.8 Å². The first-order chi connectivity index (χ1) is 24.6. The zero-order chi connectivity index (χ0) is 39.6. The van der Waals surface area contributed by atoms with Gasteiger partial charge in [-0.3, -0.25) is 0 Å². The zero-order valence-corrected chi connectivity index (χ0v) is 34.3. The minimum atomic E-state index is -0.649. The van der Waals surface area contributed by atoms with Crippen molar-refractivity contribution in [3.05, 3.63) is 70.7 Å². The van der Waals surface area contributed by atoms with Crippen molar-refractivity contribution in [3.8, 4) is 34.3 Å². The van der Waals surface area contributed by atoms with E-state index in [2.05, 4.69) is 62.9 Å². The van der Waals surface area contributed by atoms with E-state index in [-0.39, 0.29) is 6.61 Å². The number of amides is 1. The van der Waals surface area contributed by atoms with Gasteiger partial charge in [-0.2, -0.15) is 0 Å². The van der Waals surface area contributed by atoms with Gasteiger partial charge in [0, 0.05) is 41.5 Å². The van der Waals surface area contributed by atoms with Crippen LogP contribution in [0.1, 0.15) is 86.8 Å². The van der Waals surface area contributed by atoms with Crippen molar-refractivity contribution >= 4 is 29.3 Å². The van der Waals surface area contributed by atoms with Crippen LogP contribution >= 0.6 is 23.2 Å². The number of alkyl carbamates (subject to hydrolysis) is 1. The first-order valence-electron chi connectivity index (χ1n) is 17.6. The Balaban J connectivity index is 0.000000295. The van der Waals surface area contributed by atoms with Crippen molar-refractivity contribution in [1.82, 2.24) is 35.2 Å². The maximum Gasteiger partial charge on any atom is 0.408 e. The topological polar surface area (TPSA) is 160 Å². The van der Waals surface area contributed by atoms with E-state index in [4.69, 9.17) is 43.1 Å². The van der Waals surface area contributed by atoms with Crippen LogP contribution < -0.4 is 20.5 Å². The number of ether oxygens (including phenoxy) is 3. The van der Waals surface area contributed by atoms with E-state index in [1.165, 1.54) is 0 Å². The molecule has 2 atom stereocenters. The molecule has 0 spiro atoms. The van der Waals surface area contributed by atoms with Gasteiger partial charge in [-0.15, -0.1) is 0 Å². The second kappa shape index (κ2) is 18.8. The second-order valence-corrected chi connectivity index (χ2v) is 16.4. The van der Waals surface area contributed by atoms with Crippen LogP contribution in [-0.2, 0) is 4.74 Å². The lowest BCUT2D eigenvalue weighted by Crippen LogP contribution is -2.52. The highest BCUT2D eigenvalue weighted by Crippen LogP contribution is 2.30. The lowest BCUT2D eigenvalue weighted by molar-refractivity contribution is 0.0406. The van der Waals surface area contributed by atoms with Crippen LogP contribution in [0.4, 0.5) is 4.79 Å². The molecule has 14 heteroatoms. The van der Waals surface area contributed by atoms with Gasteiger partial charge in [0.15, 0.2) is 0 Å². The second-order valence-electron chi connectivity index (χ2n) is 15.6. The summed E-state index contributed by atoms with van der Waals surface area (Å²) in [4.78, 5) is 37.9. The third kappa shape index (κ3) is 15.0. The van der Waals surface area contributed by atoms with Crippen LogP contribution in [0.15, 0.2) is 49.1 Å². The summed E-state index contributed by atoms with van der Waals surface area (Å²) in [5.41, 5.74) is 7.71. The Morgan fingerprint density at radius 3 is 1.60 bits per heavy atom. The fraction of sp³-hybridized carbons (Fsp3) is 0.513. The van der Waals surface area contributed by atoms with Crippen molar-refractivity contribution < 1.29 is 19.0 Å². The molecule has 0 radical (unpaired) electrons. The molecule has 0 aliphatic carbocycles. The van der Waals surface area contributed by atoms with E-state index in [1.807, 2.05) is 54.5 Å². The molecule has 53 heavy (non-hydrogen) atoms.